The summed E-state index contributed by atoms with van der Waals surface area (Å²) in [5, 5.41) is 3.62. The Morgan fingerprint density at radius 2 is 1.85 bits per heavy atom. The van der Waals surface area contributed by atoms with Crippen molar-refractivity contribution in [3.05, 3.63) is 59.9 Å². The molecular formula is C19H19NO5S. The van der Waals surface area contributed by atoms with E-state index in [1.54, 1.807) is 31.4 Å². The predicted octanol–water partition coefficient (Wildman–Crippen LogP) is 3.34. The van der Waals surface area contributed by atoms with Crippen LogP contribution in [0.15, 0.2) is 57.8 Å². The van der Waals surface area contributed by atoms with E-state index in [1.165, 1.54) is 12.1 Å². The van der Waals surface area contributed by atoms with E-state index in [1.807, 2.05) is 19.1 Å². The molecule has 7 heteroatoms. The van der Waals surface area contributed by atoms with Gasteiger partial charge in [-0.05, 0) is 36.8 Å². The highest BCUT2D eigenvalue weighted by molar-refractivity contribution is 7.90. The van der Waals surface area contributed by atoms with E-state index in [0.717, 1.165) is 17.2 Å². The lowest BCUT2D eigenvalue weighted by molar-refractivity contribution is 0.0914. The molecular weight excluding hydrogens is 354 g/mol. The molecule has 0 aliphatic rings. The van der Waals surface area contributed by atoms with Crippen LogP contribution in [0.1, 0.15) is 29.1 Å². The fourth-order valence-electron chi connectivity index (χ4n) is 2.66. The SMILES string of the molecule is COc1cccc2cc(C(=O)N[C@@H](C)c3ccc(S(C)(=O)=O)cc3)oc12. The summed E-state index contributed by atoms with van der Waals surface area (Å²) < 4.78 is 33.9. The minimum absolute atomic E-state index is 0.184. The molecule has 0 fully saturated rings. The third-order valence-electron chi connectivity index (χ3n) is 4.11. The minimum atomic E-state index is -3.25. The lowest BCUT2D eigenvalue weighted by Crippen LogP contribution is -2.26. The first kappa shape index (κ1) is 18.0. The molecule has 1 N–H and O–H groups in total. The molecule has 136 valence electrons. The number of nitrogens with one attached hydrogen (secondary N) is 1. The predicted molar refractivity (Wildman–Crippen MR) is 98.2 cm³/mol. The van der Waals surface area contributed by atoms with E-state index >= 15 is 0 Å². The van der Waals surface area contributed by atoms with Crippen LogP contribution in [0.4, 0.5) is 0 Å². The van der Waals surface area contributed by atoms with Crippen molar-refractivity contribution in [2.75, 3.05) is 13.4 Å². The maximum absolute atomic E-state index is 12.5. The Kier molecular flexibility index (Phi) is 4.73. The number of rotatable bonds is 5. The van der Waals surface area contributed by atoms with Gasteiger partial charge in [-0.3, -0.25) is 4.79 Å². The van der Waals surface area contributed by atoms with Gasteiger partial charge in [-0.25, -0.2) is 8.42 Å². The number of sulfone groups is 1. The Morgan fingerprint density at radius 1 is 1.15 bits per heavy atom. The van der Waals surface area contributed by atoms with Crippen LogP contribution in [-0.4, -0.2) is 27.7 Å². The topological polar surface area (TPSA) is 85.6 Å². The van der Waals surface area contributed by atoms with Crippen LogP contribution in [0, 0.1) is 0 Å². The van der Waals surface area contributed by atoms with Crippen molar-refractivity contribution in [1.82, 2.24) is 5.32 Å². The van der Waals surface area contributed by atoms with Crippen LogP contribution in [-0.2, 0) is 9.84 Å². The summed E-state index contributed by atoms with van der Waals surface area (Å²) in [5.74, 6) is 0.387. The molecule has 0 saturated heterocycles. The van der Waals surface area contributed by atoms with Crippen LogP contribution >= 0.6 is 0 Å². The number of para-hydroxylation sites is 1. The van der Waals surface area contributed by atoms with Crippen LogP contribution in [0.2, 0.25) is 0 Å². The quantitative estimate of drug-likeness (QED) is 0.741. The molecule has 0 radical (unpaired) electrons. The molecule has 0 unspecified atom stereocenters. The Hall–Kier alpha value is -2.80. The summed E-state index contributed by atoms with van der Waals surface area (Å²) in [5.41, 5.74) is 1.31. The van der Waals surface area contributed by atoms with Gasteiger partial charge in [0, 0.05) is 11.6 Å². The highest BCUT2D eigenvalue weighted by Gasteiger charge is 2.17. The van der Waals surface area contributed by atoms with Gasteiger partial charge in [0.1, 0.15) is 0 Å². The van der Waals surface area contributed by atoms with Gasteiger partial charge in [-0.15, -0.1) is 0 Å². The first-order valence-electron chi connectivity index (χ1n) is 7.97. The fourth-order valence-corrected chi connectivity index (χ4v) is 3.29. The Labute approximate surface area is 151 Å². The second kappa shape index (κ2) is 6.84. The third-order valence-corrected chi connectivity index (χ3v) is 5.24. The summed E-state index contributed by atoms with van der Waals surface area (Å²) in [7, 11) is -1.71. The van der Waals surface area contributed by atoms with Crippen LogP contribution in [0.3, 0.4) is 0 Å². The molecule has 1 heterocycles. The fraction of sp³-hybridized carbons (Fsp3) is 0.211. The van der Waals surface area contributed by atoms with Gasteiger partial charge in [0.15, 0.2) is 26.9 Å². The largest absolute Gasteiger partial charge is 0.493 e. The Morgan fingerprint density at radius 3 is 2.46 bits per heavy atom. The molecule has 0 aliphatic heterocycles. The molecule has 0 saturated carbocycles. The molecule has 1 amide bonds. The number of hydrogen-bond donors (Lipinski definition) is 1. The normalized spacial score (nSPS) is 12.7. The van der Waals surface area contributed by atoms with Crippen molar-refractivity contribution in [3.63, 3.8) is 0 Å². The van der Waals surface area contributed by atoms with Crippen molar-refractivity contribution in [2.45, 2.75) is 17.9 Å². The summed E-state index contributed by atoms with van der Waals surface area (Å²) in [6.07, 6.45) is 1.16. The average molecular weight is 373 g/mol. The van der Waals surface area contributed by atoms with Gasteiger partial charge < -0.3 is 14.5 Å². The molecule has 0 aliphatic carbocycles. The molecule has 3 rings (SSSR count). The zero-order valence-electron chi connectivity index (χ0n) is 14.6. The van der Waals surface area contributed by atoms with Crippen molar-refractivity contribution < 1.29 is 22.4 Å². The van der Waals surface area contributed by atoms with E-state index in [2.05, 4.69) is 5.32 Å². The number of carbonyl (C=O) groups excluding carboxylic acids is 1. The number of methoxy groups -OCH3 is 1. The molecule has 1 atom stereocenters. The van der Waals surface area contributed by atoms with Gasteiger partial charge in [-0.2, -0.15) is 0 Å². The molecule has 6 nitrogen and oxygen atoms in total. The van der Waals surface area contributed by atoms with Gasteiger partial charge in [-0.1, -0.05) is 24.3 Å². The number of fused-ring (bicyclic) bond motifs is 1. The molecule has 0 spiro atoms. The smallest absolute Gasteiger partial charge is 0.287 e. The van der Waals surface area contributed by atoms with Crippen molar-refractivity contribution in [2.24, 2.45) is 0 Å². The zero-order chi connectivity index (χ0) is 18.9. The number of furan rings is 1. The molecule has 1 aromatic heterocycles. The van der Waals surface area contributed by atoms with E-state index in [4.69, 9.17) is 9.15 Å². The standard InChI is InChI=1S/C19H19NO5S/c1-12(13-7-9-15(10-8-13)26(3,22)23)20-19(21)17-11-14-5-4-6-16(24-2)18(14)25-17/h4-12H,1-3H3,(H,20,21)/t12-/m0/s1. The van der Waals surface area contributed by atoms with Crippen molar-refractivity contribution in [3.8, 4) is 5.75 Å². The maximum Gasteiger partial charge on any atom is 0.287 e. The monoisotopic (exact) mass is 373 g/mol. The number of amides is 1. The van der Waals surface area contributed by atoms with Crippen LogP contribution in [0.5, 0.6) is 5.75 Å². The van der Waals surface area contributed by atoms with E-state index < -0.39 is 9.84 Å². The summed E-state index contributed by atoms with van der Waals surface area (Å²) >= 11 is 0. The number of carbonyl (C=O) groups is 1. The lowest BCUT2D eigenvalue weighted by atomic mass is 10.1. The molecule has 2 aromatic carbocycles. The van der Waals surface area contributed by atoms with Crippen molar-refractivity contribution >= 4 is 26.7 Å². The zero-order valence-corrected chi connectivity index (χ0v) is 15.5. The Balaban J connectivity index is 1.79. The average Bonchev–Trinajstić information content (AvgIpc) is 3.05. The van der Waals surface area contributed by atoms with Gasteiger partial charge in [0.25, 0.3) is 5.91 Å². The minimum Gasteiger partial charge on any atom is -0.493 e. The molecule has 3 aromatic rings. The number of hydrogen-bond acceptors (Lipinski definition) is 5. The van der Waals surface area contributed by atoms with E-state index in [9.17, 15) is 13.2 Å². The summed E-state index contributed by atoms with van der Waals surface area (Å²) in [4.78, 5) is 12.7. The summed E-state index contributed by atoms with van der Waals surface area (Å²) in [6, 6.07) is 13.2. The number of ether oxygens (including phenoxy) is 1. The van der Waals surface area contributed by atoms with Gasteiger partial charge >= 0.3 is 0 Å². The third kappa shape index (κ3) is 3.57. The van der Waals surface area contributed by atoms with E-state index in [0.29, 0.717) is 11.3 Å². The lowest BCUT2D eigenvalue weighted by Gasteiger charge is -2.13. The van der Waals surface area contributed by atoms with Crippen molar-refractivity contribution in [1.29, 1.82) is 0 Å². The first-order valence-corrected chi connectivity index (χ1v) is 9.86. The Bertz CT molecular complexity index is 1050. The van der Waals surface area contributed by atoms with Gasteiger partial charge in [0.2, 0.25) is 0 Å². The molecule has 0 bridgehead atoms. The highest BCUT2D eigenvalue weighted by atomic mass is 32.2. The second-order valence-corrected chi connectivity index (χ2v) is 8.04. The van der Waals surface area contributed by atoms with Crippen LogP contribution < -0.4 is 10.1 Å². The molecule has 26 heavy (non-hydrogen) atoms. The van der Waals surface area contributed by atoms with Crippen LogP contribution in [0.25, 0.3) is 11.0 Å². The van der Waals surface area contributed by atoms with E-state index in [-0.39, 0.29) is 22.6 Å². The number of benzene rings is 2. The second-order valence-electron chi connectivity index (χ2n) is 6.03. The summed E-state index contributed by atoms with van der Waals surface area (Å²) in [6.45, 7) is 1.82. The highest BCUT2D eigenvalue weighted by Crippen LogP contribution is 2.28. The first-order chi connectivity index (χ1) is 12.3. The van der Waals surface area contributed by atoms with Gasteiger partial charge in [0.05, 0.1) is 18.0 Å². The maximum atomic E-state index is 12.5.